The Morgan fingerprint density at radius 2 is 1.93 bits per heavy atom. The molecular formula is C22H27FN6. The summed E-state index contributed by atoms with van der Waals surface area (Å²) >= 11 is 0. The molecule has 0 fully saturated rings. The van der Waals surface area contributed by atoms with Crippen LogP contribution in [0.1, 0.15) is 23.1 Å². The Morgan fingerprint density at radius 3 is 2.62 bits per heavy atom. The molecule has 1 aliphatic heterocycles. The third-order valence-corrected chi connectivity index (χ3v) is 4.72. The van der Waals surface area contributed by atoms with Gasteiger partial charge in [0.1, 0.15) is 12.5 Å². The van der Waals surface area contributed by atoms with E-state index in [-0.39, 0.29) is 6.54 Å². The number of benzene rings is 1. The number of amidine groups is 1. The van der Waals surface area contributed by atoms with Crippen LogP contribution in [0.15, 0.2) is 53.4 Å². The maximum atomic E-state index is 12.4. The van der Waals surface area contributed by atoms with Gasteiger partial charge in [-0.1, -0.05) is 36.1 Å². The highest BCUT2D eigenvalue weighted by molar-refractivity contribution is 5.84. The van der Waals surface area contributed by atoms with Crippen LogP contribution in [0.4, 0.5) is 4.39 Å². The number of aryl methyl sites for hydroxylation is 1. The van der Waals surface area contributed by atoms with Crippen LogP contribution < -0.4 is 11.5 Å². The smallest absolute Gasteiger partial charge is 0.109 e. The van der Waals surface area contributed by atoms with E-state index in [4.69, 9.17) is 11.5 Å². The molecule has 0 amide bonds. The van der Waals surface area contributed by atoms with E-state index in [0.29, 0.717) is 24.2 Å². The van der Waals surface area contributed by atoms with E-state index in [1.807, 2.05) is 14.1 Å². The second-order valence-corrected chi connectivity index (χ2v) is 7.66. The molecule has 4 N–H and O–H groups in total. The minimum atomic E-state index is -0.725. The van der Waals surface area contributed by atoms with Crippen LogP contribution in [0.25, 0.3) is 0 Å². The summed E-state index contributed by atoms with van der Waals surface area (Å²) in [7, 11) is 4.09. The van der Waals surface area contributed by atoms with Gasteiger partial charge in [0.05, 0.1) is 23.8 Å². The van der Waals surface area contributed by atoms with Crippen molar-refractivity contribution < 1.29 is 4.39 Å². The summed E-state index contributed by atoms with van der Waals surface area (Å²) < 4.78 is 14.0. The van der Waals surface area contributed by atoms with Gasteiger partial charge < -0.3 is 16.4 Å². The zero-order valence-electron chi connectivity index (χ0n) is 16.9. The van der Waals surface area contributed by atoms with Gasteiger partial charge in [-0.2, -0.15) is 5.10 Å². The lowest BCUT2D eigenvalue weighted by molar-refractivity contribution is 0.402. The van der Waals surface area contributed by atoms with Gasteiger partial charge in [-0.05, 0) is 31.6 Å². The number of nitrogens with zero attached hydrogens (tertiary/aromatic N) is 4. The van der Waals surface area contributed by atoms with Gasteiger partial charge in [-0.3, -0.25) is 4.68 Å². The number of alkyl halides is 1. The Balaban J connectivity index is 1.79. The minimum absolute atomic E-state index is 0.218. The van der Waals surface area contributed by atoms with Gasteiger partial charge in [0.15, 0.2) is 0 Å². The molecule has 0 radical (unpaired) electrons. The Bertz CT molecular complexity index is 961. The summed E-state index contributed by atoms with van der Waals surface area (Å²) in [5.74, 6) is 6.69. The minimum Gasteiger partial charge on any atom is -0.387 e. The van der Waals surface area contributed by atoms with Gasteiger partial charge in [0.2, 0.25) is 0 Å². The molecule has 0 bridgehead atoms. The van der Waals surface area contributed by atoms with Gasteiger partial charge in [-0.15, -0.1) is 0 Å². The monoisotopic (exact) mass is 394 g/mol. The van der Waals surface area contributed by atoms with E-state index in [0.717, 1.165) is 17.7 Å². The fraction of sp³-hybridized carbons (Fsp3) is 0.364. The lowest BCUT2D eigenvalue weighted by Crippen LogP contribution is -2.48. The Hall–Kier alpha value is -2.95. The average molecular weight is 394 g/mol. The predicted molar refractivity (Wildman–Crippen MR) is 114 cm³/mol. The summed E-state index contributed by atoms with van der Waals surface area (Å²) in [6.45, 7) is 0.642. The van der Waals surface area contributed by atoms with Crippen molar-refractivity contribution in [3.63, 3.8) is 0 Å². The zero-order chi connectivity index (χ0) is 20.9. The van der Waals surface area contributed by atoms with E-state index in [1.165, 1.54) is 10.2 Å². The first-order valence-electron chi connectivity index (χ1n) is 9.52. The van der Waals surface area contributed by atoms with Crippen LogP contribution in [0.3, 0.4) is 0 Å². The van der Waals surface area contributed by atoms with Crippen molar-refractivity contribution in [2.75, 3.05) is 20.8 Å². The number of hydrogen-bond donors (Lipinski definition) is 2. The third-order valence-electron chi connectivity index (χ3n) is 4.72. The van der Waals surface area contributed by atoms with Crippen molar-refractivity contribution in [2.24, 2.45) is 16.5 Å². The van der Waals surface area contributed by atoms with Gasteiger partial charge in [-0.25, -0.2) is 9.38 Å². The molecule has 0 spiro atoms. The zero-order valence-corrected chi connectivity index (χ0v) is 16.9. The normalized spacial score (nSPS) is 18.8. The van der Waals surface area contributed by atoms with Crippen LogP contribution in [-0.2, 0) is 19.5 Å². The lowest BCUT2D eigenvalue weighted by Gasteiger charge is -2.31. The largest absolute Gasteiger partial charge is 0.387 e. The molecule has 2 aromatic rings. The molecule has 1 atom stereocenters. The van der Waals surface area contributed by atoms with E-state index in [1.54, 1.807) is 18.6 Å². The number of hydrogen-bond acceptors (Lipinski definition) is 5. The van der Waals surface area contributed by atoms with Gasteiger partial charge in [0.25, 0.3) is 0 Å². The SMILES string of the molecule is CN(C)Cc1ccc(CC2(N)CC(N)=NC=C2C#Cc2cnn(CCF)c2)cc1. The van der Waals surface area contributed by atoms with Crippen molar-refractivity contribution in [1.82, 2.24) is 14.7 Å². The highest BCUT2D eigenvalue weighted by Gasteiger charge is 2.33. The molecule has 1 aromatic heterocycles. The second-order valence-electron chi connectivity index (χ2n) is 7.66. The summed E-state index contributed by atoms with van der Waals surface area (Å²) in [5, 5.41) is 4.09. The quantitative estimate of drug-likeness (QED) is 0.733. The molecule has 3 rings (SSSR count). The van der Waals surface area contributed by atoms with E-state index >= 15 is 0 Å². The number of aliphatic imine (C=N–C) groups is 1. The third kappa shape index (κ3) is 5.53. The van der Waals surface area contributed by atoms with Crippen molar-refractivity contribution >= 4 is 5.84 Å². The molecule has 6 nitrogen and oxygen atoms in total. The fourth-order valence-corrected chi connectivity index (χ4v) is 3.32. The highest BCUT2D eigenvalue weighted by atomic mass is 19.1. The highest BCUT2D eigenvalue weighted by Crippen LogP contribution is 2.27. The van der Waals surface area contributed by atoms with Crippen molar-refractivity contribution in [1.29, 1.82) is 0 Å². The molecule has 152 valence electrons. The van der Waals surface area contributed by atoms with Crippen molar-refractivity contribution in [2.45, 2.75) is 31.5 Å². The lowest BCUT2D eigenvalue weighted by atomic mass is 9.80. The molecule has 7 heteroatoms. The first-order chi connectivity index (χ1) is 13.9. The molecule has 1 unspecified atom stereocenters. The molecular weight excluding hydrogens is 367 g/mol. The summed E-state index contributed by atoms with van der Waals surface area (Å²) in [6, 6.07) is 8.43. The molecule has 0 aliphatic carbocycles. The topological polar surface area (TPSA) is 85.5 Å². The Morgan fingerprint density at radius 1 is 1.21 bits per heavy atom. The van der Waals surface area contributed by atoms with Crippen molar-refractivity contribution in [3.8, 4) is 11.8 Å². The standard InChI is InChI=1S/C22H27FN6/c1-28(2)15-18-5-3-17(4-6-18)11-22(25)12-21(24)26-14-20(22)8-7-19-13-27-29(16-19)10-9-23/h3-6,13-14,16H,9-12,15,25H2,1-2H3,(H2,24,26). The van der Waals surface area contributed by atoms with Crippen LogP contribution >= 0.6 is 0 Å². The van der Waals surface area contributed by atoms with Gasteiger partial charge >= 0.3 is 0 Å². The summed E-state index contributed by atoms with van der Waals surface area (Å²) in [4.78, 5) is 6.34. The fourth-order valence-electron chi connectivity index (χ4n) is 3.32. The molecule has 1 aliphatic rings. The Labute approximate surface area is 171 Å². The number of rotatable bonds is 6. The summed E-state index contributed by atoms with van der Waals surface area (Å²) in [5.41, 5.74) is 15.8. The van der Waals surface area contributed by atoms with Crippen LogP contribution in [0.5, 0.6) is 0 Å². The molecule has 1 aromatic carbocycles. The summed E-state index contributed by atoms with van der Waals surface area (Å²) in [6.07, 6.45) is 6.03. The predicted octanol–water partition coefficient (Wildman–Crippen LogP) is 1.85. The van der Waals surface area contributed by atoms with Crippen molar-refractivity contribution in [3.05, 3.63) is 65.1 Å². The number of nitrogens with two attached hydrogens (primary N) is 2. The first kappa shape index (κ1) is 20.8. The van der Waals surface area contributed by atoms with Crippen LogP contribution in [0, 0.1) is 11.8 Å². The number of aromatic nitrogens is 2. The molecule has 29 heavy (non-hydrogen) atoms. The second kappa shape index (κ2) is 9.03. The van der Waals surface area contributed by atoms with Gasteiger partial charge in [0, 0.05) is 30.9 Å². The van der Waals surface area contributed by atoms with E-state index in [2.05, 4.69) is 51.1 Å². The first-order valence-corrected chi connectivity index (χ1v) is 9.52. The Kier molecular flexibility index (Phi) is 6.47. The number of halogens is 1. The van der Waals surface area contributed by atoms with Crippen LogP contribution in [-0.4, -0.2) is 46.8 Å². The molecule has 0 saturated carbocycles. The maximum absolute atomic E-state index is 12.4. The van der Waals surface area contributed by atoms with E-state index in [9.17, 15) is 4.39 Å². The maximum Gasteiger partial charge on any atom is 0.109 e. The average Bonchev–Trinajstić information content (AvgIpc) is 3.10. The molecule has 2 heterocycles. The van der Waals surface area contributed by atoms with Crippen LogP contribution in [0.2, 0.25) is 0 Å². The van der Waals surface area contributed by atoms with E-state index < -0.39 is 12.2 Å². The molecule has 0 saturated heterocycles.